The number of halogens is 1. The van der Waals surface area contributed by atoms with E-state index in [2.05, 4.69) is 0 Å². The summed E-state index contributed by atoms with van der Waals surface area (Å²) in [7, 11) is 0. The van der Waals surface area contributed by atoms with Gasteiger partial charge in [0.05, 0.1) is 16.9 Å². The number of aliphatic carboxylic acids is 1. The topological polar surface area (TPSA) is 57.5 Å². The lowest BCUT2D eigenvalue weighted by Gasteiger charge is -2.40. The molecule has 0 aromatic heterocycles. The molecular formula is C12H19ClO3. The van der Waals surface area contributed by atoms with Crippen LogP contribution in [0.25, 0.3) is 0 Å². The van der Waals surface area contributed by atoms with Crippen molar-refractivity contribution in [2.24, 2.45) is 17.8 Å². The van der Waals surface area contributed by atoms with Gasteiger partial charge < -0.3 is 10.2 Å². The van der Waals surface area contributed by atoms with Gasteiger partial charge in [-0.2, -0.15) is 0 Å². The highest BCUT2D eigenvalue weighted by molar-refractivity contribution is 6.22. The van der Waals surface area contributed by atoms with Gasteiger partial charge in [0.15, 0.2) is 0 Å². The summed E-state index contributed by atoms with van der Waals surface area (Å²) < 4.78 is 0. The smallest absolute Gasteiger partial charge is 0.309 e. The number of carboxylic acids is 1. The van der Waals surface area contributed by atoms with E-state index in [1.165, 1.54) is 0 Å². The largest absolute Gasteiger partial charge is 0.481 e. The maximum absolute atomic E-state index is 11.3. The second kappa shape index (κ2) is 4.19. The molecule has 0 heterocycles. The lowest BCUT2D eigenvalue weighted by atomic mass is 9.73. The monoisotopic (exact) mass is 246 g/mol. The Bertz CT molecular complexity index is 290. The Morgan fingerprint density at radius 2 is 2.25 bits per heavy atom. The van der Waals surface area contributed by atoms with Gasteiger partial charge in [-0.15, -0.1) is 11.6 Å². The van der Waals surface area contributed by atoms with E-state index in [0.29, 0.717) is 12.3 Å². The van der Waals surface area contributed by atoms with E-state index >= 15 is 0 Å². The molecule has 0 aromatic rings. The predicted molar refractivity (Wildman–Crippen MR) is 61.5 cm³/mol. The molecule has 4 heteroatoms. The van der Waals surface area contributed by atoms with Gasteiger partial charge in [-0.25, -0.2) is 0 Å². The SMILES string of the molecule is CCC[C@@H](C(=O)O)[C@@]1(O)[C@H]2CC[C@H](C2)[C@H]1Cl. The van der Waals surface area contributed by atoms with Crippen LogP contribution in [-0.2, 0) is 4.79 Å². The number of rotatable bonds is 4. The Kier molecular flexibility index (Phi) is 3.19. The molecule has 2 bridgehead atoms. The first kappa shape index (κ1) is 12.2. The molecule has 0 amide bonds. The molecule has 5 atom stereocenters. The minimum Gasteiger partial charge on any atom is -0.481 e. The van der Waals surface area contributed by atoms with Crippen LogP contribution in [0.2, 0.25) is 0 Å². The maximum Gasteiger partial charge on any atom is 0.309 e. The third-order valence-electron chi connectivity index (χ3n) is 4.42. The molecule has 16 heavy (non-hydrogen) atoms. The van der Waals surface area contributed by atoms with Gasteiger partial charge in [0, 0.05) is 0 Å². The first-order valence-electron chi connectivity index (χ1n) is 6.11. The summed E-state index contributed by atoms with van der Waals surface area (Å²) in [5.74, 6) is -1.19. The lowest BCUT2D eigenvalue weighted by molar-refractivity contribution is -0.157. The van der Waals surface area contributed by atoms with Crippen LogP contribution in [0, 0.1) is 17.8 Å². The van der Waals surface area contributed by atoms with E-state index in [4.69, 9.17) is 11.6 Å². The van der Waals surface area contributed by atoms with Crippen molar-refractivity contribution < 1.29 is 15.0 Å². The van der Waals surface area contributed by atoms with Gasteiger partial charge in [0.1, 0.15) is 0 Å². The van der Waals surface area contributed by atoms with Crippen LogP contribution >= 0.6 is 11.6 Å². The second-order valence-electron chi connectivity index (χ2n) is 5.24. The number of aliphatic hydroxyl groups is 1. The number of carboxylic acid groups (broad SMARTS) is 1. The van der Waals surface area contributed by atoms with Crippen LogP contribution in [0.1, 0.15) is 39.0 Å². The summed E-state index contributed by atoms with van der Waals surface area (Å²) in [4.78, 5) is 11.3. The van der Waals surface area contributed by atoms with Gasteiger partial charge in [-0.05, 0) is 37.5 Å². The number of alkyl halides is 1. The third-order valence-corrected chi connectivity index (χ3v) is 5.12. The van der Waals surface area contributed by atoms with Crippen LogP contribution in [0.15, 0.2) is 0 Å². The zero-order valence-corrected chi connectivity index (χ0v) is 10.3. The molecule has 2 aliphatic rings. The van der Waals surface area contributed by atoms with Crippen LogP contribution in [0.5, 0.6) is 0 Å². The van der Waals surface area contributed by atoms with Crippen molar-refractivity contribution in [3.05, 3.63) is 0 Å². The Labute approximate surface area is 101 Å². The Hall–Kier alpha value is -0.280. The molecule has 2 rings (SSSR count). The highest BCUT2D eigenvalue weighted by atomic mass is 35.5. The fourth-order valence-corrected chi connectivity index (χ4v) is 4.18. The van der Waals surface area contributed by atoms with Gasteiger partial charge in [0.25, 0.3) is 0 Å². The molecule has 2 saturated carbocycles. The van der Waals surface area contributed by atoms with Crippen molar-refractivity contribution in [2.75, 3.05) is 0 Å². The molecule has 0 saturated heterocycles. The molecule has 0 radical (unpaired) electrons. The minimum absolute atomic E-state index is 0.0904. The minimum atomic E-state index is -1.17. The molecule has 0 spiro atoms. The van der Waals surface area contributed by atoms with Crippen LogP contribution in [0.4, 0.5) is 0 Å². The van der Waals surface area contributed by atoms with Crippen LogP contribution < -0.4 is 0 Å². The van der Waals surface area contributed by atoms with E-state index in [0.717, 1.165) is 25.7 Å². The highest BCUT2D eigenvalue weighted by Gasteiger charge is 2.61. The predicted octanol–water partition coefficient (Wildman–Crippen LogP) is 2.26. The fraction of sp³-hybridized carbons (Fsp3) is 0.917. The average molecular weight is 247 g/mol. The average Bonchev–Trinajstić information content (AvgIpc) is 2.79. The summed E-state index contributed by atoms with van der Waals surface area (Å²) in [5, 5.41) is 19.6. The first-order chi connectivity index (χ1) is 7.51. The van der Waals surface area contributed by atoms with Crippen LogP contribution in [0.3, 0.4) is 0 Å². The first-order valence-corrected chi connectivity index (χ1v) is 6.54. The lowest BCUT2D eigenvalue weighted by Crippen LogP contribution is -2.53. The summed E-state index contributed by atoms with van der Waals surface area (Å²) in [6.45, 7) is 1.94. The van der Waals surface area contributed by atoms with Crippen molar-refractivity contribution in [1.82, 2.24) is 0 Å². The standard InChI is InChI=1S/C12H19ClO3/c1-2-3-9(11(14)15)12(16)8-5-4-7(6-8)10(12)13/h7-10,16H,2-6H2,1H3,(H,14,15)/t7-,8+,9+,10-,12+/m1/s1. The van der Waals surface area contributed by atoms with Crippen molar-refractivity contribution in [3.63, 3.8) is 0 Å². The Morgan fingerprint density at radius 1 is 1.56 bits per heavy atom. The van der Waals surface area contributed by atoms with E-state index in [9.17, 15) is 15.0 Å². The fourth-order valence-electron chi connectivity index (χ4n) is 3.62. The van der Waals surface area contributed by atoms with Gasteiger partial charge in [0.2, 0.25) is 0 Å². The zero-order chi connectivity index (χ0) is 11.9. The molecule has 2 aliphatic carbocycles. The second-order valence-corrected chi connectivity index (χ2v) is 5.71. The molecule has 0 aliphatic heterocycles. The Balaban J connectivity index is 2.25. The summed E-state index contributed by atoms with van der Waals surface area (Å²) >= 11 is 6.28. The maximum atomic E-state index is 11.3. The molecule has 2 fully saturated rings. The number of hydrogen-bond donors (Lipinski definition) is 2. The molecule has 0 aromatic carbocycles. The summed E-state index contributed by atoms with van der Waals surface area (Å²) in [6.07, 6.45) is 4.15. The summed E-state index contributed by atoms with van der Waals surface area (Å²) in [5.41, 5.74) is -1.17. The molecular weight excluding hydrogens is 228 g/mol. The molecule has 0 unspecified atom stereocenters. The quantitative estimate of drug-likeness (QED) is 0.748. The number of fused-ring (bicyclic) bond motifs is 2. The van der Waals surface area contributed by atoms with Crippen molar-refractivity contribution in [1.29, 1.82) is 0 Å². The number of carbonyl (C=O) groups is 1. The van der Waals surface area contributed by atoms with E-state index < -0.39 is 17.5 Å². The van der Waals surface area contributed by atoms with Gasteiger partial charge >= 0.3 is 5.97 Å². The van der Waals surface area contributed by atoms with E-state index in [1.54, 1.807) is 0 Å². The molecule has 92 valence electrons. The zero-order valence-electron chi connectivity index (χ0n) is 9.53. The van der Waals surface area contributed by atoms with Gasteiger partial charge in [-0.1, -0.05) is 13.3 Å². The normalized spacial score (nSPS) is 43.6. The van der Waals surface area contributed by atoms with Gasteiger partial charge in [-0.3, -0.25) is 4.79 Å². The molecule has 3 nitrogen and oxygen atoms in total. The third kappa shape index (κ3) is 1.56. The van der Waals surface area contributed by atoms with Crippen LogP contribution in [-0.4, -0.2) is 27.2 Å². The highest BCUT2D eigenvalue weighted by Crippen LogP contribution is 2.56. The van der Waals surface area contributed by atoms with E-state index in [-0.39, 0.29) is 11.3 Å². The van der Waals surface area contributed by atoms with Crippen molar-refractivity contribution in [3.8, 4) is 0 Å². The number of hydrogen-bond acceptors (Lipinski definition) is 2. The van der Waals surface area contributed by atoms with Crippen molar-refractivity contribution >= 4 is 17.6 Å². The summed E-state index contributed by atoms with van der Waals surface area (Å²) in [6, 6.07) is 0. The van der Waals surface area contributed by atoms with Crippen molar-refractivity contribution in [2.45, 2.75) is 50.0 Å². The van der Waals surface area contributed by atoms with E-state index in [1.807, 2.05) is 6.92 Å². The molecule has 2 N–H and O–H groups in total. The Morgan fingerprint density at radius 3 is 2.69 bits per heavy atom.